The molecule has 88 valence electrons. The maximum Gasteiger partial charge on any atom is 0.245 e. The van der Waals surface area contributed by atoms with Gasteiger partial charge in [-0.15, -0.1) is 0 Å². The zero-order chi connectivity index (χ0) is 12.1. The maximum absolute atomic E-state index is 13.5. The van der Waals surface area contributed by atoms with E-state index in [4.69, 9.17) is 5.11 Å². The smallest absolute Gasteiger partial charge is 0.245 e. The average molecular weight is 226 g/mol. The first-order valence-electron chi connectivity index (χ1n) is 4.88. The van der Waals surface area contributed by atoms with E-state index in [9.17, 15) is 9.18 Å². The van der Waals surface area contributed by atoms with Crippen LogP contribution in [0, 0.1) is 5.82 Å². The molecule has 0 saturated carbocycles. The Hall–Kier alpha value is -1.62. The van der Waals surface area contributed by atoms with E-state index < -0.39 is 12.5 Å². The number of aliphatic hydroxyl groups excluding tert-OH is 1. The van der Waals surface area contributed by atoms with E-state index in [2.05, 4.69) is 5.32 Å². The van der Waals surface area contributed by atoms with E-state index in [1.54, 1.807) is 31.1 Å². The lowest BCUT2D eigenvalue weighted by atomic mass is 10.2. The van der Waals surface area contributed by atoms with Crippen molar-refractivity contribution in [3.05, 3.63) is 29.6 Å². The second-order valence-corrected chi connectivity index (χ2v) is 3.62. The third-order valence-corrected chi connectivity index (χ3v) is 2.13. The summed E-state index contributed by atoms with van der Waals surface area (Å²) in [6.45, 7) is -0.345. The summed E-state index contributed by atoms with van der Waals surface area (Å²) in [5, 5.41) is 10.9. The number of carbonyl (C=O) groups excluding carboxylic acids is 1. The highest BCUT2D eigenvalue weighted by Crippen LogP contribution is 2.17. The van der Waals surface area contributed by atoms with E-state index in [0.717, 1.165) is 0 Å². The molecule has 2 N–H and O–H groups in total. The summed E-state index contributed by atoms with van der Waals surface area (Å²) < 4.78 is 13.5. The van der Waals surface area contributed by atoms with Gasteiger partial charge >= 0.3 is 0 Å². The predicted octanol–water partition coefficient (Wildman–Crippen LogP) is 0.500. The normalized spacial score (nSPS) is 10.0. The Morgan fingerprint density at radius 2 is 2.19 bits per heavy atom. The molecule has 1 aromatic carbocycles. The van der Waals surface area contributed by atoms with E-state index >= 15 is 0 Å². The van der Waals surface area contributed by atoms with Crippen LogP contribution in [-0.4, -0.2) is 31.7 Å². The number of anilines is 1. The number of hydrogen-bond donors (Lipinski definition) is 2. The van der Waals surface area contributed by atoms with E-state index in [0.29, 0.717) is 11.3 Å². The van der Waals surface area contributed by atoms with Gasteiger partial charge in [-0.3, -0.25) is 4.79 Å². The zero-order valence-electron chi connectivity index (χ0n) is 9.33. The van der Waals surface area contributed by atoms with Crippen molar-refractivity contribution in [2.75, 3.05) is 25.6 Å². The molecule has 5 heteroatoms. The Labute approximate surface area is 93.7 Å². The highest BCUT2D eigenvalue weighted by atomic mass is 19.1. The molecule has 0 heterocycles. The van der Waals surface area contributed by atoms with Gasteiger partial charge in [-0.05, 0) is 17.7 Å². The molecule has 0 atom stereocenters. The van der Waals surface area contributed by atoms with Gasteiger partial charge in [-0.2, -0.15) is 0 Å². The summed E-state index contributed by atoms with van der Waals surface area (Å²) >= 11 is 0. The summed E-state index contributed by atoms with van der Waals surface area (Å²) in [5.41, 5.74) is 1.15. The van der Waals surface area contributed by atoms with Crippen LogP contribution in [0.4, 0.5) is 10.1 Å². The van der Waals surface area contributed by atoms with Crippen molar-refractivity contribution in [1.29, 1.82) is 0 Å². The fourth-order valence-corrected chi connectivity index (χ4v) is 1.28. The molecule has 0 aliphatic heterocycles. The fourth-order valence-electron chi connectivity index (χ4n) is 1.28. The van der Waals surface area contributed by atoms with E-state index in [-0.39, 0.29) is 12.4 Å². The minimum absolute atomic E-state index is 0.212. The number of rotatable bonds is 4. The molecule has 16 heavy (non-hydrogen) atoms. The summed E-state index contributed by atoms with van der Waals surface area (Å²) in [5.74, 6) is -0.808. The van der Waals surface area contributed by atoms with Crippen LogP contribution >= 0.6 is 0 Å². The molecule has 1 aromatic rings. The second-order valence-electron chi connectivity index (χ2n) is 3.62. The van der Waals surface area contributed by atoms with Crippen LogP contribution in [0.25, 0.3) is 0 Å². The Balaban J connectivity index is 2.70. The Kier molecular flexibility index (Phi) is 4.25. The van der Waals surface area contributed by atoms with Crippen LogP contribution < -0.4 is 10.2 Å². The van der Waals surface area contributed by atoms with Gasteiger partial charge in [0.1, 0.15) is 12.4 Å². The van der Waals surface area contributed by atoms with Crippen LogP contribution in [0.1, 0.15) is 5.56 Å². The Morgan fingerprint density at radius 1 is 1.50 bits per heavy atom. The molecule has 0 saturated heterocycles. The molecule has 4 nitrogen and oxygen atoms in total. The molecule has 0 aliphatic carbocycles. The van der Waals surface area contributed by atoms with Crippen molar-refractivity contribution in [2.45, 2.75) is 6.54 Å². The number of benzene rings is 1. The molecule has 0 spiro atoms. The first-order chi connectivity index (χ1) is 7.54. The van der Waals surface area contributed by atoms with Crippen molar-refractivity contribution >= 4 is 11.6 Å². The van der Waals surface area contributed by atoms with Crippen LogP contribution in [-0.2, 0) is 11.3 Å². The van der Waals surface area contributed by atoms with Crippen LogP contribution in [0.2, 0.25) is 0 Å². The molecule has 1 amide bonds. The monoisotopic (exact) mass is 226 g/mol. The minimum Gasteiger partial charge on any atom is -0.387 e. The van der Waals surface area contributed by atoms with Gasteiger partial charge in [0.15, 0.2) is 0 Å². The van der Waals surface area contributed by atoms with Gasteiger partial charge in [-0.1, -0.05) is 6.07 Å². The van der Waals surface area contributed by atoms with Crippen molar-refractivity contribution in [3.8, 4) is 0 Å². The standard InChI is InChI=1S/C11H15FN2O2/c1-14(2)10-4-3-8(5-9(10)12)6-13-11(16)7-15/h3-5,15H,6-7H2,1-2H3,(H,13,16). The number of nitrogens with zero attached hydrogens (tertiary/aromatic N) is 1. The molecular weight excluding hydrogens is 211 g/mol. The molecule has 0 fully saturated rings. The summed E-state index contributed by atoms with van der Waals surface area (Å²) in [6.07, 6.45) is 0. The lowest BCUT2D eigenvalue weighted by Crippen LogP contribution is -2.25. The summed E-state index contributed by atoms with van der Waals surface area (Å²) in [6, 6.07) is 4.75. The fraction of sp³-hybridized carbons (Fsp3) is 0.364. The average Bonchev–Trinajstić information content (AvgIpc) is 2.25. The van der Waals surface area contributed by atoms with Gasteiger partial charge in [0.05, 0.1) is 5.69 Å². The second kappa shape index (κ2) is 5.46. The Morgan fingerprint density at radius 3 is 2.69 bits per heavy atom. The minimum atomic E-state index is -0.557. The van der Waals surface area contributed by atoms with Crippen molar-refractivity contribution in [1.82, 2.24) is 5.32 Å². The first-order valence-corrected chi connectivity index (χ1v) is 4.88. The molecule has 0 bridgehead atoms. The van der Waals surface area contributed by atoms with Gasteiger partial charge < -0.3 is 15.3 Å². The van der Waals surface area contributed by atoms with E-state index in [1.807, 2.05) is 0 Å². The molecular formula is C11H15FN2O2. The summed E-state index contributed by atoms with van der Waals surface area (Å²) in [4.78, 5) is 12.5. The quantitative estimate of drug-likeness (QED) is 0.786. The lowest BCUT2D eigenvalue weighted by Gasteiger charge is -2.14. The van der Waals surface area contributed by atoms with Crippen LogP contribution in [0.3, 0.4) is 0 Å². The highest BCUT2D eigenvalue weighted by Gasteiger charge is 2.05. The topological polar surface area (TPSA) is 52.6 Å². The van der Waals surface area contributed by atoms with Gasteiger partial charge in [-0.25, -0.2) is 4.39 Å². The largest absolute Gasteiger partial charge is 0.387 e. The van der Waals surface area contributed by atoms with Crippen molar-refractivity contribution in [3.63, 3.8) is 0 Å². The van der Waals surface area contributed by atoms with Crippen LogP contribution in [0.15, 0.2) is 18.2 Å². The summed E-state index contributed by atoms with van der Waals surface area (Å²) in [7, 11) is 3.51. The third-order valence-electron chi connectivity index (χ3n) is 2.13. The molecule has 0 unspecified atom stereocenters. The number of amides is 1. The zero-order valence-corrected chi connectivity index (χ0v) is 9.33. The Bertz CT molecular complexity index is 380. The lowest BCUT2D eigenvalue weighted by molar-refractivity contribution is -0.123. The molecule has 1 rings (SSSR count). The van der Waals surface area contributed by atoms with E-state index in [1.165, 1.54) is 6.07 Å². The highest BCUT2D eigenvalue weighted by molar-refractivity contribution is 5.76. The molecule has 0 aliphatic rings. The number of carbonyl (C=O) groups is 1. The maximum atomic E-state index is 13.5. The number of hydrogen-bond acceptors (Lipinski definition) is 3. The van der Waals surface area contributed by atoms with Crippen molar-refractivity contribution in [2.24, 2.45) is 0 Å². The third kappa shape index (κ3) is 3.20. The van der Waals surface area contributed by atoms with Crippen molar-refractivity contribution < 1.29 is 14.3 Å². The number of nitrogens with one attached hydrogen (secondary N) is 1. The molecule has 0 aromatic heterocycles. The predicted molar refractivity (Wildman–Crippen MR) is 59.7 cm³/mol. The number of aliphatic hydroxyl groups is 1. The molecule has 0 radical (unpaired) electrons. The van der Waals surface area contributed by atoms with Gasteiger partial charge in [0, 0.05) is 20.6 Å². The van der Waals surface area contributed by atoms with Gasteiger partial charge in [0.25, 0.3) is 0 Å². The van der Waals surface area contributed by atoms with Gasteiger partial charge in [0.2, 0.25) is 5.91 Å². The van der Waals surface area contributed by atoms with Crippen LogP contribution in [0.5, 0.6) is 0 Å². The first kappa shape index (κ1) is 12.4. The number of halogens is 1. The SMILES string of the molecule is CN(C)c1ccc(CNC(=O)CO)cc1F.